The van der Waals surface area contributed by atoms with Gasteiger partial charge >= 0.3 is 6.09 Å². The Morgan fingerprint density at radius 3 is 2.21 bits per heavy atom. The molecule has 8 nitrogen and oxygen atoms in total. The van der Waals surface area contributed by atoms with Gasteiger partial charge in [0.05, 0.1) is 11.5 Å². The molecule has 2 aliphatic rings. The molecule has 3 heterocycles. The fraction of sp³-hybridized carbons (Fsp3) is 0.684. The molecule has 3 rings (SSSR count). The molecule has 2 saturated heterocycles. The Kier molecular flexibility index (Phi) is 5.74. The highest BCUT2D eigenvalue weighted by molar-refractivity contribution is 7.91. The van der Waals surface area contributed by atoms with E-state index in [4.69, 9.17) is 4.74 Å². The lowest BCUT2D eigenvalue weighted by atomic mass is 10.0. The average molecular weight is 412 g/mol. The third-order valence-corrected chi connectivity index (χ3v) is 6.75. The third kappa shape index (κ3) is 4.87. The van der Waals surface area contributed by atoms with Crippen molar-refractivity contribution in [2.75, 3.05) is 37.7 Å². The lowest BCUT2D eigenvalue weighted by molar-refractivity contribution is 0.0186. The van der Waals surface area contributed by atoms with Gasteiger partial charge in [0.1, 0.15) is 11.3 Å². The second kappa shape index (κ2) is 7.77. The minimum absolute atomic E-state index is 0.0216. The monoisotopic (exact) mass is 411 g/mol. The van der Waals surface area contributed by atoms with Gasteiger partial charge in [-0.3, -0.25) is 4.79 Å². The quantitative estimate of drug-likeness (QED) is 0.742. The number of amides is 2. The predicted molar refractivity (Wildman–Crippen MR) is 105 cm³/mol. The van der Waals surface area contributed by atoms with E-state index >= 15 is 0 Å². The van der Waals surface area contributed by atoms with Crippen molar-refractivity contribution in [2.24, 2.45) is 0 Å². The van der Waals surface area contributed by atoms with Crippen LogP contribution >= 0.6 is 0 Å². The number of likely N-dealkylation sites (tertiary alicyclic amines) is 1. The van der Waals surface area contributed by atoms with Crippen molar-refractivity contribution < 1.29 is 22.7 Å². The summed E-state index contributed by atoms with van der Waals surface area (Å²) in [5, 5.41) is 0. The van der Waals surface area contributed by atoms with Crippen LogP contribution in [0.4, 0.5) is 4.79 Å². The number of aromatic nitrogens is 1. The minimum Gasteiger partial charge on any atom is -0.444 e. The normalized spacial score (nSPS) is 20.8. The minimum atomic E-state index is -3.03. The van der Waals surface area contributed by atoms with E-state index in [1.165, 1.54) is 0 Å². The lowest BCUT2D eigenvalue weighted by Crippen LogP contribution is -2.45. The molecule has 156 valence electrons. The highest BCUT2D eigenvalue weighted by Crippen LogP contribution is 2.26. The first-order valence-corrected chi connectivity index (χ1v) is 11.5. The van der Waals surface area contributed by atoms with Crippen LogP contribution in [0.2, 0.25) is 0 Å². The highest BCUT2D eigenvalue weighted by atomic mass is 32.2. The Bertz CT molecular complexity index is 818. The number of piperidine rings is 1. The summed E-state index contributed by atoms with van der Waals surface area (Å²) in [6.07, 6.45) is 3.07. The van der Waals surface area contributed by atoms with Gasteiger partial charge < -0.3 is 19.1 Å². The van der Waals surface area contributed by atoms with Gasteiger partial charge in [-0.25, -0.2) is 13.2 Å². The van der Waals surface area contributed by atoms with Gasteiger partial charge in [-0.05, 0) is 45.7 Å². The summed E-state index contributed by atoms with van der Waals surface area (Å²) in [6.45, 7) is 7.18. The van der Waals surface area contributed by atoms with Crippen LogP contribution < -0.4 is 0 Å². The fourth-order valence-corrected chi connectivity index (χ4v) is 4.83. The molecule has 0 atom stereocenters. The molecule has 2 fully saturated rings. The SMILES string of the molecule is CC(C)(C)OC(=O)N1CCC(n2cccc2C(=O)N2CCS(=O)(=O)CC2)CC1. The van der Waals surface area contributed by atoms with Crippen LogP contribution in [-0.2, 0) is 14.6 Å². The first kappa shape index (κ1) is 20.7. The van der Waals surface area contributed by atoms with E-state index in [2.05, 4.69) is 0 Å². The predicted octanol–water partition coefficient (Wildman–Crippen LogP) is 1.93. The zero-order valence-corrected chi connectivity index (χ0v) is 17.6. The summed E-state index contributed by atoms with van der Waals surface area (Å²) in [5.74, 6) is -0.0870. The molecule has 0 spiro atoms. The van der Waals surface area contributed by atoms with Gasteiger partial charge in [-0.15, -0.1) is 0 Å². The van der Waals surface area contributed by atoms with Gasteiger partial charge in [0.2, 0.25) is 0 Å². The van der Waals surface area contributed by atoms with Crippen molar-refractivity contribution in [1.82, 2.24) is 14.4 Å². The van der Waals surface area contributed by atoms with E-state index in [1.54, 1.807) is 15.9 Å². The zero-order valence-electron chi connectivity index (χ0n) is 16.8. The molecule has 2 aliphatic heterocycles. The molecule has 1 aromatic rings. The number of carbonyl (C=O) groups is 2. The van der Waals surface area contributed by atoms with Crippen LogP contribution in [-0.4, -0.2) is 78.1 Å². The smallest absolute Gasteiger partial charge is 0.410 e. The second-order valence-corrected chi connectivity index (χ2v) is 10.7. The Balaban J connectivity index is 1.62. The molecule has 0 aromatic carbocycles. The van der Waals surface area contributed by atoms with Crippen LogP contribution in [0.5, 0.6) is 0 Å². The van der Waals surface area contributed by atoms with Crippen LogP contribution in [0.15, 0.2) is 18.3 Å². The van der Waals surface area contributed by atoms with Crippen molar-refractivity contribution in [2.45, 2.75) is 45.3 Å². The van der Waals surface area contributed by atoms with E-state index in [0.29, 0.717) is 18.8 Å². The van der Waals surface area contributed by atoms with Crippen molar-refractivity contribution in [3.63, 3.8) is 0 Å². The molecule has 28 heavy (non-hydrogen) atoms. The second-order valence-electron chi connectivity index (χ2n) is 8.44. The molecule has 0 saturated carbocycles. The van der Waals surface area contributed by atoms with E-state index in [9.17, 15) is 18.0 Å². The van der Waals surface area contributed by atoms with Crippen molar-refractivity contribution in [1.29, 1.82) is 0 Å². The van der Waals surface area contributed by atoms with Crippen molar-refractivity contribution >= 4 is 21.8 Å². The van der Waals surface area contributed by atoms with Crippen LogP contribution in [0.3, 0.4) is 0 Å². The van der Waals surface area contributed by atoms with Crippen LogP contribution in [0.25, 0.3) is 0 Å². The molecule has 0 bridgehead atoms. The van der Waals surface area contributed by atoms with E-state index < -0.39 is 15.4 Å². The summed E-state index contributed by atoms with van der Waals surface area (Å²) in [4.78, 5) is 28.4. The Hall–Kier alpha value is -2.03. The maximum atomic E-state index is 12.9. The maximum Gasteiger partial charge on any atom is 0.410 e. The summed E-state index contributed by atoms with van der Waals surface area (Å²) >= 11 is 0. The van der Waals surface area contributed by atoms with Crippen LogP contribution in [0, 0.1) is 0 Å². The molecule has 0 aliphatic carbocycles. The number of hydrogen-bond acceptors (Lipinski definition) is 5. The molecule has 2 amide bonds. The Morgan fingerprint density at radius 1 is 1.04 bits per heavy atom. The number of sulfone groups is 1. The number of nitrogens with zero attached hydrogens (tertiary/aromatic N) is 3. The number of rotatable bonds is 2. The summed E-state index contributed by atoms with van der Waals surface area (Å²) in [6, 6.07) is 3.75. The molecule has 0 radical (unpaired) electrons. The van der Waals surface area contributed by atoms with Crippen LogP contribution in [0.1, 0.15) is 50.1 Å². The van der Waals surface area contributed by atoms with Crippen molar-refractivity contribution in [3.8, 4) is 0 Å². The molecule has 9 heteroatoms. The summed E-state index contributed by atoms with van der Waals surface area (Å²) < 4.78 is 30.6. The molecule has 0 unspecified atom stereocenters. The average Bonchev–Trinajstić information content (AvgIpc) is 3.09. The lowest BCUT2D eigenvalue weighted by Gasteiger charge is -2.35. The first-order valence-electron chi connectivity index (χ1n) is 9.70. The Labute approximate surface area is 166 Å². The van der Waals surface area contributed by atoms with Gasteiger partial charge in [0.15, 0.2) is 9.84 Å². The van der Waals surface area contributed by atoms with Gasteiger partial charge in [0.25, 0.3) is 5.91 Å². The number of hydrogen-bond donors (Lipinski definition) is 0. The third-order valence-electron chi connectivity index (χ3n) is 5.14. The molecular weight excluding hydrogens is 382 g/mol. The van der Waals surface area contributed by atoms with Gasteiger partial charge in [-0.1, -0.05) is 0 Å². The van der Waals surface area contributed by atoms with E-state index in [-0.39, 0.29) is 42.6 Å². The fourth-order valence-electron chi connectivity index (χ4n) is 3.62. The number of carbonyl (C=O) groups excluding carboxylic acids is 2. The molecule has 1 aromatic heterocycles. The highest BCUT2D eigenvalue weighted by Gasteiger charge is 2.31. The largest absolute Gasteiger partial charge is 0.444 e. The van der Waals surface area contributed by atoms with Gasteiger partial charge in [0, 0.05) is 38.4 Å². The van der Waals surface area contributed by atoms with E-state index in [1.807, 2.05) is 37.6 Å². The topological polar surface area (TPSA) is 88.9 Å². The summed E-state index contributed by atoms with van der Waals surface area (Å²) in [5.41, 5.74) is 0.0607. The Morgan fingerprint density at radius 2 is 1.64 bits per heavy atom. The van der Waals surface area contributed by atoms with Crippen molar-refractivity contribution in [3.05, 3.63) is 24.0 Å². The standard InChI is InChI=1S/C19H29N3O5S/c1-19(2,3)27-18(24)21-9-6-15(7-10-21)22-8-4-5-16(22)17(23)20-11-13-28(25,26)14-12-20/h4-5,8,15H,6-7,9-14H2,1-3H3. The summed E-state index contributed by atoms with van der Waals surface area (Å²) in [7, 11) is -3.03. The number of ether oxygens (including phenoxy) is 1. The van der Waals surface area contributed by atoms with Gasteiger partial charge in [-0.2, -0.15) is 0 Å². The van der Waals surface area contributed by atoms with E-state index in [0.717, 1.165) is 12.8 Å². The first-order chi connectivity index (χ1) is 13.1. The zero-order chi connectivity index (χ0) is 20.5. The molecular formula is C19H29N3O5S. The maximum absolute atomic E-state index is 12.9. The molecule has 0 N–H and O–H groups in total.